The van der Waals surface area contributed by atoms with Gasteiger partial charge in [0, 0.05) is 16.7 Å². The van der Waals surface area contributed by atoms with Crippen LogP contribution in [-0.2, 0) is 19.2 Å². The van der Waals surface area contributed by atoms with Crippen molar-refractivity contribution in [3.63, 3.8) is 0 Å². The average Bonchev–Trinajstić information content (AvgIpc) is 2.84. The number of urea groups is 1. The summed E-state index contributed by atoms with van der Waals surface area (Å²) in [7, 11) is 0. The van der Waals surface area contributed by atoms with Gasteiger partial charge in [-0.15, -0.1) is 0 Å². The van der Waals surface area contributed by atoms with Gasteiger partial charge in [-0.2, -0.15) is 0 Å². The molecule has 0 spiro atoms. The van der Waals surface area contributed by atoms with Gasteiger partial charge in [0.05, 0.1) is 6.54 Å². The standard InChI is InChI=1S/C18H21BrN4O5/c1-3-4-7-22-16(26)17(27)23(18(22)28)10-15(25)20-9-14(24)21-13-6-5-12(19)8-11(13)2/h5-6,8H,3-4,7,9-10H2,1-2H3,(H,20,25)(H,21,24). The lowest BCUT2D eigenvalue weighted by molar-refractivity contribution is -0.144. The molecule has 2 rings (SSSR count). The number of anilines is 1. The van der Waals surface area contributed by atoms with Gasteiger partial charge in [-0.3, -0.25) is 24.1 Å². The van der Waals surface area contributed by atoms with Gasteiger partial charge in [0.15, 0.2) is 0 Å². The number of nitrogens with zero attached hydrogens (tertiary/aromatic N) is 2. The largest absolute Gasteiger partial charge is 0.345 e. The maximum atomic E-state index is 12.2. The third-order valence-electron chi connectivity index (χ3n) is 4.08. The topological polar surface area (TPSA) is 116 Å². The zero-order valence-corrected chi connectivity index (χ0v) is 17.2. The number of nitrogens with one attached hydrogen (secondary N) is 2. The predicted octanol–water partition coefficient (Wildman–Crippen LogP) is 1.40. The summed E-state index contributed by atoms with van der Waals surface area (Å²) >= 11 is 3.33. The van der Waals surface area contributed by atoms with E-state index in [0.717, 1.165) is 21.4 Å². The van der Waals surface area contributed by atoms with Crippen molar-refractivity contribution >= 4 is 51.3 Å². The third-order valence-corrected chi connectivity index (χ3v) is 4.57. The summed E-state index contributed by atoms with van der Waals surface area (Å²) in [6.07, 6.45) is 1.32. The lowest BCUT2D eigenvalue weighted by Gasteiger charge is -2.15. The number of unbranched alkanes of at least 4 members (excludes halogenated alkanes) is 1. The Morgan fingerprint density at radius 1 is 1.07 bits per heavy atom. The average molecular weight is 453 g/mol. The van der Waals surface area contributed by atoms with Crippen LogP contribution >= 0.6 is 15.9 Å². The van der Waals surface area contributed by atoms with Crippen LogP contribution in [0.1, 0.15) is 25.3 Å². The van der Waals surface area contributed by atoms with Crippen LogP contribution in [0.5, 0.6) is 0 Å². The molecular formula is C18H21BrN4O5. The first-order valence-corrected chi connectivity index (χ1v) is 9.54. The van der Waals surface area contributed by atoms with Gasteiger partial charge in [0.1, 0.15) is 6.54 Å². The van der Waals surface area contributed by atoms with Gasteiger partial charge in [-0.1, -0.05) is 29.3 Å². The Bertz CT molecular complexity index is 826. The van der Waals surface area contributed by atoms with E-state index in [-0.39, 0.29) is 13.1 Å². The van der Waals surface area contributed by atoms with E-state index in [4.69, 9.17) is 0 Å². The Kier molecular flexibility index (Phi) is 7.27. The molecule has 1 fully saturated rings. The number of benzene rings is 1. The summed E-state index contributed by atoms with van der Waals surface area (Å²) in [6.45, 7) is 2.89. The molecule has 0 bridgehead atoms. The molecule has 1 aliphatic heterocycles. The molecule has 0 atom stereocenters. The second kappa shape index (κ2) is 9.45. The van der Waals surface area contributed by atoms with Gasteiger partial charge in [-0.05, 0) is 37.1 Å². The molecule has 0 unspecified atom stereocenters. The lowest BCUT2D eigenvalue weighted by Crippen LogP contribution is -2.43. The molecule has 150 valence electrons. The third kappa shape index (κ3) is 5.16. The van der Waals surface area contributed by atoms with Gasteiger partial charge in [-0.25, -0.2) is 9.69 Å². The van der Waals surface area contributed by atoms with Crippen LogP contribution in [0, 0.1) is 6.92 Å². The first-order valence-electron chi connectivity index (χ1n) is 8.74. The van der Waals surface area contributed by atoms with Gasteiger partial charge >= 0.3 is 17.8 Å². The number of aryl methyl sites for hydroxylation is 1. The van der Waals surface area contributed by atoms with E-state index in [1.54, 1.807) is 12.1 Å². The molecule has 2 N–H and O–H groups in total. The van der Waals surface area contributed by atoms with Crippen molar-refractivity contribution in [2.24, 2.45) is 0 Å². The Morgan fingerprint density at radius 3 is 2.39 bits per heavy atom. The van der Waals surface area contributed by atoms with Crippen LogP contribution in [0.2, 0.25) is 0 Å². The fourth-order valence-electron chi connectivity index (χ4n) is 2.54. The normalized spacial score (nSPS) is 13.9. The van der Waals surface area contributed by atoms with E-state index < -0.39 is 36.2 Å². The summed E-state index contributed by atoms with van der Waals surface area (Å²) in [5.74, 6) is -3.14. The van der Waals surface area contributed by atoms with Crippen LogP contribution in [0.4, 0.5) is 10.5 Å². The molecule has 6 amide bonds. The number of hydrogen-bond donors (Lipinski definition) is 2. The maximum absolute atomic E-state index is 12.2. The number of amides is 6. The minimum Gasteiger partial charge on any atom is -0.345 e. The molecular weight excluding hydrogens is 432 g/mol. The van der Waals surface area contributed by atoms with Crippen molar-refractivity contribution in [3.05, 3.63) is 28.2 Å². The SMILES string of the molecule is CCCCN1C(=O)C(=O)N(CC(=O)NCC(=O)Nc2ccc(Br)cc2C)C1=O. The summed E-state index contributed by atoms with van der Waals surface area (Å²) in [6, 6.07) is 4.51. The predicted molar refractivity (Wildman–Crippen MR) is 104 cm³/mol. The quantitative estimate of drug-likeness (QED) is 0.456. The van der Waals surface area contributed by atoms with Crippen LogP contribution in [0.3, 0.4) is 0 Å². The first-order chi connectivity index (χ1) is 13.2. The van der Waals surface area contributed by atoms with Crippen molar-refractivity contribution in [1.82, 2.24) is 15.1 Å². The van der Waals surface area contributed by atoms with Crippen LogP contribution in [-0.4, -0.2) is 59.1 Å². The molecule has 1 heterocycles. The number of hydrogen-bond acceptors (Lipinski definition) is 5. The second-order valence-corrected chi connectivity index (χ2v) is 7.18. The molecule has 10 heteroatoms. The van der Waals surface area contributed by atoms with Crippen molar-refractivity contribution < 1.29 is 24.0 Å². The monoisotopic (exact) mass is 452 g/mol. The number of carbonyl (C=O) groups excluding carboxylic acids is 5. The van der Waals surface area contributed by atoms with E-state index >= 15 is 0 Å². The molecule has 1 aromatic carbocycles. The molecule has 0 aliphatic carbocycles. The smallest absolute Gasteiger partial charge is 0.334 e. The Labute approximate surface area is 170 Å². The minimum absolute atomic E-state index is 0.132. The van der Waals surface area contributed by atoms with Crippen molar-refractivity contribution in [3.8, 4) is 0 Å². The molecule has 28 heavy (non-hydrogen) atoms. The highest BCUT2D eigenvalue weighted by molar-refractivity contribution is 9.10. The first kappa shape index (κ1) is 21.5. The summed E-state index contributed by atoms with van der Waals surface area (Å²) in [5, 5.41) is 5.00. The molecule has 0 saturated carbocycles. The Balaban J connectivity index is 1.86. The number of carbonyl (C=O) groups is 5. The van der Waals surface area contributed by atoms with Crippen LogP contribution in [0.15, 0.2) is 22.7 Å². The van der Waals surface area contributed by atoms with E-state index in [0.29, 0.717) is 17.0 Å². The highest BCUT2D eigenvalue weighted by Gasteiger charge is 2.44. The zero-order valence-electron chi connectivity index (χ0n) is 15.6. The summed E-state index contributed by atoms with van der Waals surface area (Å²) in [4.78, 5) is 61.4. The summed E-state index contributed by atoms with van der Waals surface area (Å²) < 4.78 is 0.874. The van der Waals surface area contributed by atoms with E-state index in [1.165, 1.54) is 0 Å². The van der Waals surface area contributed by atoms with Crippen molar-refractivity contribution in [2.75, 3.05) is 25.0 Å². The number of halogens is 1. The molecule has 1 saturated heterocycles. The molecule has 1 aromatic rings. The van der Waals surface area contributed by atoms with Gasteiger partial charge < -0.3 is 10.6 Å². The highest BCUT2D eigenvalue weighted by Crippen LogP contribution is 2.19. The second-order valence-electron chi connectivity index (χ2n) is 6.27. The molecule has 9 nitrogen and oxygen atoms in total. The number of imide groups is 2. The van der Waals surface area contributed by atoms with Crippen LogP contribution in [0.25, 0.3) is 0 Å². The van der Waals surface area contributed by atoms with E-state index in [1.807, 2.05) is 19.9 Å². The molecule has 0 aromatic heterocycles. The van der Waals surface area contributed by atoms with Gasteiger partial charge in [0.25, 0.3) is 0 Å². The Hall–Kier alpha value is -2.75. The summed E-state index contributed by atoms with van der Waals surface area (Å²) in [5.41, 5.74) is 1.44. The van der Waals surface area contributed by atoms with E-state index in [9.17, 15) is 24.0 Å². The zero-order chi connectivity index (χ0) is 20.8. The van der Waals surface area contributed by atoms with Crippen LogP contribution < -0.4 is 10.6 Å². The lowest BCUT2D eigenvalue weighted by atomic mass is 10.2. The molecule has 0 radical (unpaired) electrons. The Morgan fingerprint density at radius 2 is 1.75 bits per heavy atom. The fraction of sp³-hybridized carbons (Fsp3) is 0.389. The minimum atomic E-state index is -1.04. The van der Waals surface area contributed by atoms with Crippen molar-refractivity contribution in [1.29, 1.82) is 0 Å². The van der Waals surface area contributed by atoms with E-state index in [2.05, 4.69) is 26.6 Å². The highest BCUT2D eigenvalue weighted by atomic mass is 79.9. The van der Waals surface area contributed by atoms with Crippen molar-refractivity contribution in [2.45, 2.75) is 26.7 Å². The molecule has 1 aliphatic rings. The number of rotatable bonds is 8. The van der Waals surface area contributed by atoms with Gasteiger partial charge in [0.2, 0.25) is 11.8 Å². The fourth-order valence-corrected chi connectivity index (χ4v) is 3.02. The maximum Gasteiger partial charge on any atom is 0.334 e.